The van der Waals surface area contributed by atoms with E-state index in [-0.39, 0.29) is 18.4 Å². The molecule has 0 aliphatic carbocycles. The zero-order valence-corrected chi connectivity index (χ0v) is 14.4. The Kier molecular flexibility index (Phi) is 5.31. The highest BCUT2D eigenvalue weighted by atomic mass is 32.2. The van der Waals surface area contributed by atoms with Gasteiger partial charge in [-0.2, -0.15) is 11.8 Å². The molecule has 0 radical (unpaired) electrons. The van der Waals surface area contributed by atoms with Gasteiger partial charge in [0.2, 0.25) is 11.8 Å². The molecular weight excluding hydrogens is 348 g/mol. The summed E-state index contributed by atoms with van der Waals surface area (Å²) in [7, 11) is 0. The second-order valence-electron chi connectivity index (χ2n) is 5.20. The Hall–Kier alpha value is -2.13. The molecule has 0 spiro atoms. The molecule has 3 heterocycles. The summed E-state index contributed by atoms with van der Waals surface area (Å²) in [4.78, 5) is 31.7. The quantitative estimate of drug-likeness (QED) is 0.808. The molecule has 2 aromatic rings. The van der Waals surface area contributed by atoms with Crippen molar-refractivity contribution < 1.29 is 14.3 Å². The number of pyridine rings is 1. The standard InChI is InChI=1S/C15H16N4O3S2/c16-12(20)6-9-7-24-15(18-9)19-13(21)11-2-1-4-17-14(11)22-10-3-5-23-8-10/h1-2,4,7,10H,3,5-6,8H2,(H2,16,20)(H,18,19,21). The zero-order valence-electron chi connectivity index (χ0n) is 12.7. The van der Waals surface area contributed by atoms with Crippen LogP contribution in [-0.2, 0) is 11.2 Å². The van der Waals surface area contributed by atoms with Crippen LogP contribution in [0.3, 0.4) is 0 Å². The number of rotatable bonds is 6. The Balaban J connectivity index is 1.70. The fourth-order valence-corrected chi connectivity index (χ4v) is 4.01. The van der Waals surface area contributed by atoms with Gasteiger partial charge in [-0.25, -0.2) is 9.97 Å². The number of hydrogen-bond donors (Lipinski definition) is 2. The number of carbonyl (C=O) groups is 2. The first-order valence-corrected chi connectivity index (χ1v) is 9.38. The smallest absolute Gasteiger partial charge is 0.262 e. The molecule has 0 saturated carbocycles. The Morgan fingerprint density at radius 1 is 1.46 bits per heavy atom. The number of nitrogens with one attached hydrogen (secondary N) is 1. The fourth-order valence-electron chi connectivity index (χ4n) is 2.21. The molecule has 0 bridgehead atoms. The minimum absolute atomic E-state index is 0.0486. The second-order valence-corrected chi connectivity index (χ2v) is 7.21. The number of nitrogens with two attached hydrogens (primary N) is 1. The van der Waals surface area contributed by atoms with Crippen LogP contribution >= 0.6 is 23.1 Å². The molecule has 1 fully saturated rings. The van der Waals surface area contributed by atoms with Crippen molar-refractivity contribution >= 4 is 40.0 Å². The minimum Gasteiger partial charge on any atom is -0.473 e. The summed E-state index contributed by atoms with van der Waals surface area (Å²) >= 11 is 3.06. The molecule has 9 heteroatoms. The maximum atomic E-state index is 12.5. The first-order valence-electron chi connectivity index (χ1n) is 7.35. The maximum Gasteiger partial charge on any atom is 0.262 e. The number of hydrogen-bond acceptors (Lipinski definition) is 7. The molecule has 2 aromatic heterocycles. The fraction of sp³-hybridized carbons (Fsp3) is 0.333. The summed E-state index contributed by atoms with van der Waals surface area (Å²) in [5.41, 5.74) is 6.03. The van der Waals surface area contributed by atoms with Crippen molar-refractivity contribution in [3.63, 3.8) is 0 Å². The van der Waals surface area contributed by atoms with Crippen molar-refractivity contribution in [1.82, 2.24) is 9.97 Å². The van der Waals surface area contributed by atoms with E-state index in [1.807, 2.05) is 11.8 Å². The van der Waals surface area contributed by atoms with Crippen molar-refractivity contribution in [2.75, 3.05) is 16.8 Å². The molecule has 7 nitrogen and oxygen atoms in total. The molecule has 1 aliphatic rings. The van der Waals surface area contributed by atoms with Crippen LogP contribution in [0.4, 0.5) is 5.13 Å². The summed E-state index contributed by atoms with van der Waals surface area (Å²) in [6.07, 6.45) is 2.68. The van der Waals surface area contributed by atoms with E-state index in [2.05, 4.69) is 15.3 Å². The number of amides is 2. The van der Waals surface area contributed by atoms with Gasteiger partial charge in [-0.05, 0) is 24.3 Å². The van der Waals surface area contributed by atoms with Crippen molar-refractivity contribution in [2.45, 2.75) is 18.9 Å². The van der Waals surface area contributed by atoms with Gasteiger partial charge in [0.05, 0.1) is 12.1 Å². The van der Waals surface area contributed by atoms with E-state index in [1.54, 1.807) is 23.7 Å². The summed E-state index contributed by atoms with van der Waals surface area (Å²) in [5.74, 6) is 1.48. The third-order valence-corrected chi connectivity index (χ3v) is 5.25. The lowest BCUT2D eigenvalue weighted by atomic mass is 10.2. The Labute approximate surface area is 147 Å². The van der Waals surface area contributed by atoms with E-state index in [1.165, 1.54) is 11.3 Å². The summed E-state index contributed by atoms with van der Waals surface area (Å²) in [5, 5.41) is 4.80. The SMILES string of the molecule is NC(=O)Cc1csc(NC(=O)c2cccnc2OC2CCSC2)n1. The third-order valence-electron chi connectivity index (χ3n) is 3.31. The largest absolute Gasteiger partial charge is 0.473 e. The highest BCUT2D eigenvalue weighted by Gasteiger charge is 2.21. The Morgan fingerprint density at radius 2 is 2.33 bits per heavy atom. The number of carbonyl (C=O) groups excluding carboxylic acids is 2. The van der Waals surface area contributed by atoms with Crippen LogP contribution < -0.4 is 15.8 Å². The van der Waals surface area contributed by atoms with Crippen LogP contribution in [0, 0.1) is 0 Å². The number of primary amides is 1. The molecule has 1 unspecified atom stereocenters. The van der Waals surface area contributed by atoms with Crippen molar-refractivity contribution in [2.24, 2.45) is 5.73 Å². The number of nitrogens with zero attached hydrogens (tertiary/aromatic N) is 2. The number of aromatic nitrogens is 2. The minimum atomic E-state index is -0.462. The lowest BCUT2D eigenvalue weighted by Crippen LogP contribution is -2.20. The van der Waals surface area contributed by atoms with E-state index in [4.69, 9.17) is 10.5 Å². The number of thioether (sulfide) groups is 1. The van der Waals surface area contributed by atoms with Gasteiger partial charge in [0.25, 0.3) is 5.91 Å². The summed E-state index contributed by atoms with van der Waals surface area (Å²) in [6.45, 7) is 0. The molecule has 1 atom stereocenters. The number of thiazole rings is 1. The van der Waals surface area contributed by atoms with Gasteiger partial charge in [0, 0.05) is 17.3 Å². The van der Waals surface area contributed by atoms with Crippen molar-refractivity contribution in [1.29, 1.82) is 0 Å². The molecule has 2 amide bonds. The van der Waals surface area contributed by atoms with E-state index >= 15 is 0 Å². The highest BCUT2D eigenvalue weighted by Crippen LogP contribution is 2.25. The molecule has 1 aliphatic heterocycles. The predicted octanol–water partition coefficient (Wildman–Crippen LogP) is 1.70. The van der Waals surface area contributed by atoms with Gasteiger partial charge >= 0.3 is 0 Å². The van der Waals surface area contributed by atoms with Crippen molar-refractivity contribution in [3.05, 3.63) is 35.0 Å². The average Bonchev–Trinajstić information content (AvgIpc) is 3.19. The van der Waals surface area contributed by atoms with E-state index in [0.29, 0.717) is 22.3 Å². The van der Waals surface area contributed by atoms with Gasteiger partial charge in [-0.15, -0.1) is 11.3 Å². The number of anilines is 1. The molecule has 126 valence electrons. The van der Waals surface area contributed by atoms with Crippen LogP contribution in [0.25, 0.3) is 0 Å². The Bertz CT molecular complexity index is 744. The predicted molar refractivity (Wildman–Crippen MR) is 93.6 cm³/mol. The van der Waals surface area contributed by atoms with Crippen molar-refractivity contribution in [3.8, 4) is 5.88 Å². The lowest BCUT2D eigenvalue weighted by Gasteiger charge is -2.14. The van der Waals surface area contributed by atoms with Gasteiger partial charge in [0.15, 0.2) is 5.13 Å². The van der Waals surface area contributed by atoms with Gasteiger partial charge in [0.1, 0.15) is 11.7 Å². The first-order chi connectivity index (χ1) is 11.6. The topological polar surface area (TPSA) is 107 Å². The summed E-state index contributed by atoms with van der Waals surface area (Å²) < 4.78 is 5.85. The van der Waals surface area contributed by atoms with E-state index in [0.717, 1.165) is 17.9 Å². The second kappa shape index (κ2) is 7.63. The average molecular weight is 364 g/mol. The lowest BCUT2D eigenvalue weighted by molar-refractivity contribution is -0.117. The molecule has 1 saturated heterocycles. The zero-order chi connectivity index (χ0) is 16.9. The maximum absolute atomic E-state index is 12.5. The van der Waals surface area contributed by atoms with E-state index in [9.17, 15) is 9.59 Å². The number of ether oxygens (including phenoxy) is 1. The molecule has 3 N–H and O–H groups in total. The Morgan fingerprint density at radius 3 is 3.08 bits per heavy atom. The summed E-state index contributed by atoms with van der Waals surface area (Å²) in [6, 6.07) is 3.35. The third kappa shape index (κ3) is 4.24. The van der Waals surface area contributed by atoms with Crippen LogP contribution in [-0.4, -0.2) is 39.4 Å². The van der Waals surface area contributed by atoms with Gasteiger partial charge < -0.3 is 10.5 Å². The van der Waals surface area contributed by atoms with Gasteiger partial charge in [-0.1, -0.05) is 0 Å². The highest BCUT2D eigenvalue weighted by molar-refractivity contribution is 7.99. The molecule has 0 aromatic carbocycles. The molecule has 3 rings (SSSR count). The van der Waals surface area contributed by atoms with E-state index < -0.39 is 5.91 Å². The van der Waals surface area contributed by atoms with Crippen LogP contribution in [0.5, 0.6) is 5.88 Å². The van der Waals surface area contributed by atoms with Crippen LogP contribution in [0.1, 0.15) is 22.5 Å². The normalized spacial score (nSPS) is 16.8. The monoisotopic (exact) mass is 364 g/mol. The molecule has 24 heavy (non-hydrogen) atoms. The molecular formula is C15H16N4O3S2. The van der Waals surface area contributed by atoms with Gasteiger partial charge in [-0.3, -0.25) is 14.9 Å². The van der Waals surface area contributed by atoms with Crippen LogP contribution in [0.15, 0.2) is 23.7 Å². The first kappa shape index (κ1) is 16.7. The van der Waals surface area contributed by atoms with Crippen LogP contribution in [0.2, 0.25) is 0 Å².